The van der Waals surface area contributed by atoms with Crippen molar-refractivity contribution in [3.63, 3.8) is 0 Å². The van der Waals surface area contributed by atoms with E-state index in [1.54, 1.807) is 5.57 Å². The summed E-state index contributed by atoms with van der Waals surface area (Å²) in [7, 11) is 0. The highest BCUT2D eigenvalue weighted by molar-refractivity contribution is 5.51. The monoisotopic (exact) mass is 234 g/mol. The molecule has 0 spiro atoms. The standard InChI is InChI=1S/C18H18/c1-3-13-9-17(10-14(13)4-2)18-11-15-7-5-6-8-16(15)12-18/h3-9,18H,1-2,10-12H2. The van der Waals surface area contributed by atoms with Gasteiger partial charge in [-0.25, -0.2) is 0 Å². The van der Waals surface area contributed by atoms with Crippen molar-refractivity contribution in [2.24, 2.45) is 5.92 Å². The largest absolute Gasteiger partial charge is 0.0988 e. The molecule has 18 heavy (non-hydrogen) atoms. The van der Waals surface area contributed by atoms with E-state index in [0.717, 1.165) is 6.42 Å². The minimum absolute atomic E-state index is 0.676. The summed E-state index contributed by atoms with van der Waals surface area (Å²) < 4.78 is 0. The fourth-order valence-electron chi connectivity index (χ4n) is 3.13. The second-order valence-electron chi connectivity index (χ2n) is 5.16. The molecule has 90 valence electrons. The molecule has 0 unspecified atom stereocenters. The molecule has 0 aliphatic heterocycles. The van der Waals surface area contributed by atoms with Gasteiger partial charge in [-0.3, -0.25) is 0 Å². The molecule has 0 fully saturated rings. The summed E-state index contributed by atoms with van der Waals surface area (Å²) in [5.74, 6) is 0.676. The predicted octanol–water partition coefficient (Wildman–Crippen LogP) is 4.40. The van der Waals surface area contributed by atoms with Crippen molar-refractivity contribution in [1.82, 2.24) is 0 Å². The van der Waals surface area contributed by atoms with Gasteiger partial charge in [-0.05, 0) is 47.5 Å². The molecule has 0 aromatic heterocycles. The number of fused-ring (bicyclic) bond motifs is 1. The van der Waals surface area contributed by atoms with Gasteiger partial charge in [0.05, 0.1) is 0 Å². The van der Waals surface area contributed by atoms with Crippen LogP contribution in [0.1, 0.15) is 17.5 Å². The third-order valence-electron chi connectivity index (χ3n) is 4.15. The highest BCUT2D eigenvalue weighted by atomic mass is 14.3. The van der Waals surface area contributed by atoms with Crippen LogP contribution in [0.5, 0.6) is 0 Å². The van der Waals surface area contributed by atoms with Gasteiger partial charge >= 0.3 is 0 Å². The van der Waals surface area contributed by atoms with Crippen molar-refractivity contribution < 1.29 is 0 Å². The quantitative estimate of drug-likeness (QED) is 0.727. The zero-order chi connectivity index (χ0) is 12.5. The zero-order valence-corrected chi connectivity index (χ0v) is 10.7. The molecule has 0 heterocycles. The summed E-state index contributed by atoms with van der Waals surface area (Å²) in [5, 5.41) is 0. The molecule has 0 atom stereocenters. The maximum atomic E-state index is 3.90. The Morgan fingerprint density at radius 2 is 1.67 bits per heavy atom. The average Bonchev–Trinajstić information content (AvgIpc) is 3.01. The van der Waals surface area contributed by atoms with E-state index in [2.05, 4.69) is 43.5 Å². The van der Waals surface area contributed by atoms with Crippen LogP contribution in [-0.4, -0.2) is 0 Å². The van der Waals surface area contributed by atoms with Gasteiger partial charge in [-0.2, -0.15) is 0 Å². The lowest BCUT2D eigenvalue weighted by atomic mass is 9.94. The van der Waals surface area contributed by atoms with Crippen LogP contribution in [0.3, 0.4) is 0 Å². The molecule has 0 nitrogen and oxygen atoms in total. The maximum Gasteiger partial charge on any atom is -0.00550 e. The van der Waals surface area contributed by atoms with E-state index in [-0.39, 0.29) is 0 Å². The molecular weight excluding hydrogens is 216 g/mol. The fourth-order valence-corrected chi connectivity index (χ4v) is 3.13. The van der Waals surface area contributed by atoms with Crippen LogP contribution in [0.15, 0.2) is 72.4 Å². The van der Waals surface area contributed by atoms with Crippen molar-refractivity contribution in [3.8, 4) is 0 Å². The van der Waals surface area contributed by atoms with Crippen LogP contribution in [0.4, 0.5) is 0 Å². The van der Waals surface area contributed by atoms with Crippen molar-refractivity contribution in [2.45, 2.75) is 19.3 Å². The molecule has 3 rings (SSSR count). The lowest BCUT2D eigenvalue weighted by molar-refractivity contribution is 0.646. The summed E-state index contributed by atoms with van der Waals surface area (Å²) in [5.41, 5.74) is 7.19. The lowest BCUT2D eigenvalue weighted by Crippen LogP contribution is -2.02. The molecule has 1 aromatic carbocycles. The molecule has 0 saturated carbocycles. The van der Waals surface area contributed by atoms with Crippen molar-refractivity contribution in [3.05, 3.63) is 83.5 Å². The Labute approximate surface area is 109 Å². The molecule has 0 amide bonds. The summed E-state index contributed by atoms with van der Waals surface area (Å²) >= 11 is 0. The molecule has 0 heteroatoms. The number of hydrogen-bond acceptors (Lipinski definition) is 0. The van der Waals surface area contributed by atoms with E-state index in [4.69, 9.17) is 0 Å². The molecule has 2 aliphatic rings. The smallest absolute Gasteiger partial charge is 0.00550 e. The van der Waals surface area contributed by atoms with E-state index in [9.17, 15) is 0 Å². The number of rotatable bonds is 3. The first-order valence-corrected chi connectivity index (χ1v) is 6.57. The summed E-state index contributed by atoms with van der Waals surface area (Å²) in [6.45, 7) is 7.79. The fraction of sp³-hybridized carbons (Fsp3) is 0.222. The lowest BCUT2D eigenvalue weighted by Gasteiger charge is -2.10. The Morgan fingerprint density at radius 3 is 2.17 bits per heavy atom. The molecule has 2 aliphatic carbocycles. The second-order valence-corrected chi connectivity index (χ2v) is 5.16. The molecule has 1 aromatic rings. The van der Waals surface area contributed by atoms with Crippen molar-refractivity contribution >= 4 is 0 Å². The first kappa shape index (κ1) is 11.3. The molecule has 0 radical (unpaired) electrons. The zero-order valence-electron chi connectivity index (χ0n) is 10.7. The second kappa shape index (κ2) is 4.45. The first-order valence-electron chi connectivity index (χ1n) is 6.57. The van der Waals surface area contributed by atoms with E-state index < -0.39 is 0 Å². The molecular formula is C18H18. The Kier molecular flexibility index (Phi) is 2.79. The number of hydrogen-bond donors (Lipinski definition) is 0. The minimum atomic E-state index is 0.676. The summed E-state index contributed by atoms with van der Waals surface area (Å²) in [6, 6.07) is 8.82. The van der Waals surface area contributed by atoms with Gasteiger partial charge in [-0.1, -0.05) is 61.2 Å². The molecule has 0 bridgehead atoms. The van der Waals surface area contributed by atoms with Gasteiger partial charge in [0.25, 0.3) is 0 Å². The third-order valence-corrected chi connectivity index (χ3v) is 4.15. The van der Waals surface area contributed by atoms with E-state index >= 15 is 0 Å². The first-order chi connectivity index (χ1) is 8.81. The van der Waals surface area contributed by atoms with Gasteiger partial charge in [-0.15, -0.1) is 0 Å². The summed E-state index contributed by atoms with van der Waals surface area (Å²) in [4.78, 5) is 0. The van der Waals surface area contributed by atoms with E-state index in [1.807, 2.05) is 12.2 Å². The SMILES string of the molecule is C=CC1=C(C=C)CC(C2Cc3ccccc3C2)=C1. The molecule has 0 N–H and O–H groups in total. The Balaban J connectivity index is 1.82. The predicted molar refractivity (Wildman–Crippen MR) is 77.5 cm³/mol. The highest BCUT2D eigenvalue weighted by Crippen LogP contribution is 2.38. The topological polar surface area (TPSA) is 0 Å². The van der Waals surface area contributed by atoms with E-state index in [1.165, 1.54) is 35.1 Å². The highest BCUT2D eigenvalue weighted by Gasteiger charge is 2.26. The van der Waals surface area contributed by atoms with Crippen LogP contribution >= 0.6 is 0 Å². The Bertz CT molecular complexity index is 544. The van der Waals surface area contributed by atoms with Gasteiger partial charge in [0, 0.05) is 0 Å². The average molecular weight is 234 g/mol. The number of benzene rings is 1. The normalized spacial score (nSPS) is 18.8. The summed E-state index contributed by atoms with van der Waals surface area (Å²) in [6.07, 6.45) is 9.69. The molecule has 0 saturated heterocycles. The van der Waals surface area contributed by atoms with Crippen molar-refractivity contribution in [2.75, 3.05) is 0 Å². The van der Waals surface area contributed by atoms with Gasteiger partial charge in [0.15, 0.2) is 0 Å². The van der Waals surface area contributed by atoms with E-state index in [0.29, 0.717) is 5.92 Å². The van der Waals surface area contributed by atoms with Crippen LogP contribution < -0.4 is 0 Å². The van der Waals surface area contributed by atoms with Crippen LogP contribution in [-0.2, 0) is 12.8 Å². The van der Waals surface area contributed by atoms with Gasteiger partial charge in [0.2, 0.25) is 0 Å². The van der Waals surface area contributed by atoms with Crippen molar-refractivity contribution in [1.29, 1.82) is 0 Å². The number of allylic oxidation sites excluding steroid dienone is 6. The van der Waals surface area contributed by atoms with Gasteiger partial charge < -0.3 is 0 Å². The van der Waals surface area contributed by atoms with Crippen LogP contribution in [0.2, 0.25) is 0 Å². The Morgan fingerprint density at radius 1 is 1.00 bits per heavy atom. The van der Waals surface area contributed by atoms with Crippen LogP contribution in [0, 0.1) is 5.92 Å². The Hall–Kier alpha value is -1.82. The van der Waals surface area contributed by atoms with Gasteiger partial charge in [0.1, 0.15) is 0 Å². The van der Waals surface area contributed by atoms with Crippen LogP contribution in [0.25, 0.3) is 0 Å². The maximum absolute atomic E-state index is 3.90. The third kappa shape index (κ3) is 1.78. The minimum Gasteiger partial charge on any atom is -0.0988 e.